The molecule has 0 fully saturated rings. The van der Waals surface area contributed by atoms with Gasteiger partial charge in [0.05, 0.1) is 18.4 Å². The monoisotopic (exact) mass is 494 g/mol. The summed E-state index contributed by atoms with van der Waals surface area (Å²) in [7, 11) is 0. The van der Waals surface area contributed by atoms with Gasteiger partial charge in [0.2, 0.25) is 0 Å². The molecule has 3 heterocycles. The van der Waals surface area contributed by atoms with Crippen molar-refractivity contribution in [3.63, 3.8) is 0 Å². The summed E-state index contributed by atoms with van der Waals surface area (Å²) >= 11 is 0. The molecule has 6 nitrogen and oxygen atoms in total. The van der Waals surface area contributed by atoms with Gasteiger partial charge >= 0.3 is 0 Å². The van der Waals surface area contributed by atoms with Crippen molar-refractivity contribution in [2.24, 2.45) is 0 Å². The zero-order chi connectivity index (χ0) is 25.6. The second-order valence-corrected chi connectivity index (χ2v) is 9.13. The molecule has 3 aromatic heterocycles. The molecule has 0 atom stereocenters. The number of halogens is 1. The fourth-order valence-electron chi connectivity index (χ4n) is 4.55. The Labute approximate surface area is 213 Å². The Kier molecular flexibility index (Phi) is 7.31. The van der Waals surface area contributed by atoms with Crippen LogP contribution < -0.4 is 5.56 Å². The van der Waals surface area contributed by atoms with E-state index >= 15 is 0 Å². The Bertz CT molecular complexity index is 1560. The fourth-order valence-corrected chi connectivity index (χ4v) is 4.55. The number of carbonyl (C=O) groups is 1. The molecular weight excluding hydrogens is 467 g/mol. The number of benzene rings is 2. The highest BCUT2D eigenvalue weighted by molar-refractivity contribution is 5.81. The number of hydrogen-bond acceptors (Lipinski definition) is 4. The lowest BCUT2D eigenvalue weighted by molar-refractivity contribution is -0.119. The maximum atomic E-state index is 13.5. The van der Waals surface area contributed by atoms with Gasteiger partial charge in [-0.05, 0) is 61.1 Å². The number of Topliss-reactive ketones (excluding diaryl/α,β-unsaturated/α-hetero) is 1. The molecule has 5 aromatic rings. The van der Waals surface area contributed by atoms with Crippen LogP contribution in [0, 0.1) is 5.82 Å². The summed E-state index contributed by atoms with van der Waals surface area (Å²) in [5.74, 6) is -0.305. The molecule has 0 spiro atoms. The average Bonchev–Trinajstić information content (AvgIpc) is 3.33. The molecule has 5 rings (SSSR count). The quantitative estimate of drug-likeness (QED) is 0.286. The van der Waals surface area contributed by atoms with Gasteiger partial charge < -0.3 is 4.98 Å². The van der Waals surface area contributed by atoms with Crippen LogP contribution >= 0.6 is 0 Å². The molecule has 0 amide bonds. The van der Waals surface area contributed by atoms with Crippen LogP contribution in [0.25, 0.3) is 22.2 Å². The van der Waals surface area contributed by atoms with Gasteiger partial charge in [-0.3, -0.25) is 24.1 Å². The van der Waals surface area contributed by atoms with Crippen molar-refractivity contribution < 1.29 is 9.18 Å². The first-order valence-electron chi connectivity index (χ1n) is 12.4. The van der Waals surface area contributed by atoms with Gasteiger partial charge in [-0.2, -0.15) is 0 Å². The lowest BCUT2D eigenvalue weighted by atomic mass is 10.1. The van der Waals surface area contributed by atoms with Crippen molar-refractivity contribution in [1.82, 2.24) is 19.5 Å². The van der Waals surface area contributed by atoms with E-state index in [2.05, 4.69) is 15.0 Å². The first-order valence-corrected chi connectivity index (χ1v) is 12.4. The van der Waals surface area contributed by atoms with E-state index in [1.54, 1.807) is 24.7 Å². The average molecular weight is 495 g/mol. The number of ketones is 1. The van der Waals surface area contributed by atoms with Gasteiger partial charge in [0.15, 0.2) is 5.78 Å². The predicted molar refractivity (Wildman–Crippen MR) is 142 cm³/mol. The molecule has 0 aliphatic heterocycles. The number of carbonyl (C=O) groups excluding carboxylic acids is 1. The summed E-state index contributed by atoms with van der Waals surface area (Å²) in [6.07, 6.45) is 7.78. The van der Waals surface area contributed by atoms with Crippen molar-refractivity contribution >= 4 is 16.7 Å². The summed E-state index contributed by atoms with van der Waals surface area (Å²) in [4.78, 5) is 38.4. The molecule has 7 heteroatoms. The van der Waals surface area contributed by atoms with Crippen molar-refractivity contribution in [3.05, 3.63) is 118 Å². The van der Waals surface area contributed by atoms with Crippen LogP contribution in [0.3, 0.4) is 0 Å². The third kappa shape index (κ3) is 5.89. The normalized spacial score (nSPS) is 11.2. The summed E-state index contributed by atoms with van der Waals surface area (Å²) in [6.45, 7) is -0.0236. The molecule has 186 valence electrons. The minimum atomic E-state index is -0.271. The van der Waals surface area contributed by atoms with Gasteiger partial charge in [-0.25, -0.2) is 4.39 Å². The number of nitrogens with one attached hydrogen (secondary N) is 1. The number of aryl methyl sites for hydroxylation is 3. The molecule has 0 saturated carbocycles. The number of rotatable bonds is 10. The van der Waals surface area contributed by atoms with Crippen molar-refractivity contribution in [1.29, 1.82) is 0 Å². The molecule has 0 bridgehead atoms. The van der Waals surface area contributed by atoms with Crippen LogP contribution in [0.4, 0.5) is 4.39 Å². The van der Waals surface area contributed by atoms with Gasteiger partial charge in [0, 0.05) is 35.4 Å². The zero-order valence-electron chi connectivity index (χ0n) is 20.4. The van der Waals surface area contributed by atoms with Crippen molar-refractivity contribution in [2.45, 2.75) is 38.6 Å². The zero-order valence-corrected chi connectivity index (χ0v) is 20.4. The van der Waals surface area contributed by atoms with E-state index in [9.17, 15) is 14.0 Å². The van der Waals surface area contributed by atoms with E-state index in [0.717, 1.165) is 27.7 Å². The minimum absolute atomic E-state index is 0.0236. The Morgan fingerprint density at radius 1 is 0.946 bits per heavy atom. The Balaban J connectivity index is 1.33. The summed E-state index contributed by atoms with van der Waals surface area (Å²) < 4.78 is 15.0. The lowest BCUT2D eigenvalue weighted by Gasteiger charge is -2.14. The van der Waals surface area contributed by atoms with Crippen LogP contribution in [0.1, 0.15) is 29.8 Å². The molecule has 1 N–H and O–H groups in total. The lowest BCUT2D eigenvalue weighted by Crippen LogP contribution is -2.29. The van der Waals surface area contributed by atoms with E-state index in [4.69, 9.17) is 0 Å². The third-order valence-electron chi connectivity index (χ3n) is 6.45. The van der Waals surface area contributed by atoms with Gasteiger partial charge in [-0.15, -0.1) is 0 Å². The number of fused-ring (bicyclic) bond motifs is 1. The largest absolute Gasteiger partial charge is 0.358 e. The van der Waals surface area contributed by atoms with E-state index in [0.29, 0.717) is 43.5 Å². The topological polar surface area (TPSA) is 80.6 Å². The minimum Gasteiger partial charge on any atom is -0.358 e. The highest BCUT2D eigenvalue weighted by Crippen LogP contribution is 2.19. The van der Waals surface area contributed by atoms with Gasteiger partial charge in [-0.1, -0.05) is 42.5 Å². The van der Waals surface area contributed by atoms with Gasteiger partial charge in [0.25, 0.3) is 5.56 Å². The second kappa shape index (κ2) is 11.1. The van der Waals surface area contributed by atoms with Crippen LogP contribution in [-0.2, 0) is 30.6 Å². The number of H-pyrrole nitrogens is 1. The van der Waals surface area contributed by atoms with E-state index < -0.39 is 0 Å². The summed E-state index contributed by atoms with van der Waals surface area (Å²) in [6, 6.07) is 19.9. The Morgan fingerprint density at radius 2 is 1.81 bits per heavy atom. The molecule has 0 aliphatic carbocycles. The molecular formula is C30H27FN4O2. The molecule has 37 heavy (non-hydrogen) atoms. The molecule has 2 aromatic carbocycles. The smallest absolute Gasteiger partial charge is 0.273 e. The molecule has 0 saturated heterocycles. The van der Waals surface area contributed by atoms with E-state index in [-0.39, 0.29) is 23.7 Å². The molecule has 0 aliphatic rings. The highest BCUT2D eigenvalue weighted by atomic mass is 19.1. The first-order chi connectivity index (χ1) is 18.1. The predicted octanol–water partition coefficient (Wildman–Crippen LogP) is 5.30. The number of aromatic amines is 1. The summed E-state index contributed by atoms with van der Waals surface area (Å²) in [5, 5.41) is 1.00. The summed E-state index contributed by atoms with van der Waals surface area (Å²) in [5.41, 5.74) is 4.41. The fraction of sp³-hybridized carbons (Fsp3) is 0.200. The number of pyridine rings is 1. The van der Waals surface area contributed by atoms with Crippen LogP contribution in [0.15, 0.2) is 90.1 Å². The first kappa shape index (κ1) is 24.3. The Morgan fingerprint density at radius 3 is 2.62 bits per heavy atom. The van der Waals surface area contributed by atoms with Crippen LogP contribution in [0.2, 0.25) is 0 Å². The third-order valence-corrected chi connectivity index (χ3v) is 6.45. The van der Waals surface area contributed by atoms with Crippen LogP contribution in [-0.4, -0.2) is 25.3 Å². The van der Waals surface area contributed by atoms with E-state index in [1.807, 2.05) is 48.5 Å². The maximum Gasteiger partial charge on any atom is 0.273 e. The second-order valence-electron chi connectivity index (χ2n) is 9.13. The molecule has 0 radical (unpaired) electrons. The molecule has 0 unspecified atom stereocenters. The van der Waals surface area contributed by atoms with Crippen molar-refractivity contribution in [3.8, 4) is 11.3 Å². The van der Waals surface area contributed by atoms with Gasteiger partial charge in [0.1, 0.15) is 11.5 Å². The maximum absolute atomic E-state index is 13.5. The number of hydrogen-bond donors (Lipinski definition) is 1. The number of nitrogens with zero attached hydrogens (tertiary/aromatic N) is 3. The highest BCUT2D eigenvalue weighted by Gasteiger charge is 2.15. The van der Waals surface area contributed by atoms with Crippen LogP contribution in [0.5, 0.6) is 0 Å². The Hall–Kier alpha value is -4.39. The van der Waals surface area contributed by atoms with Crippen molar-refractivity contribution in [2.75, 3.05) is 0 Å². The standard InChI is InChI=1S/C30H27FN4O2/c31-24-10-4-6-21(16-24)7-5-11-28-30(37)35(29(19-33-28)22-8-2-1-3-9-22)20-26(36)13-12-25-17-23-18-32-15-14-27(23)34-25/h1-4,6,8-10,14-19,34H,5,7,11-13,20H2. The number of aromatic nitrogens is 4. The van der Waals surface area contributed by atoms with E-state index in [1.165, 1.54) is 16.7 Å². The SMILES string of the molecule is O=C(CCc1cc2cnccc2[nH]1)Cn1c(-c2ccccc2)cnc(CCCc2cccc(F)c2)c1=O.